The summed E-state index contributed by atoms with van der Waals surface area (Å²) in [5, 5.41) is 8.86. The van der Waals surface area contributed by atoms with Crippen molar-refractivity contribution >= 4 is 17.2 Å². The van der Waals surface area contributed by atoms with Crippen LogP contribution in [0, 0.1) is 0 Å². The highest BCUT2D eigenvalue weighted by Crippen LogP contribution is 2.21. The Morgan fingerprint density at radius 3 is 3.10 bits per heavy atom. The summed E-state index contributed by atoms with van der Waals surface area (Å²) >= 11 is 1.42. The van der Waals surface area contributed by atoms with Gasteiger partial charge in [-0.3, -0.25) is 9.89 Å². The average Bonchev–Trinajstić information content (AvgIpc) is 3.18. The Morgan fingerprint density at radius 1 is 1.57 bits per heavy atom. The summed E-state index contributed by atoms with van der Waals surface area (Å²) in [6, 6.07) is 0. The van der Waals surface area contributed by atoms with Gasteiger partial charge in [-0.05, 0) is 0 Å². The fraction of sp³-hybridized carbons (Fsp3) is 0.538. The summed E-state index contributed by atoms with van der Waals surface area (Å²) in [5.74, 6) is 1.63. The molecule has 1 atom stereocenters. The molecular weight excluding hydrogens is 290 g/mol. The number of carbonyl (C=O) groups is 1. The van der Waals surface area contributed by atoms with Gasteiger partial charge in [0.05, 0.1) is 18.7 Å². The average molecular weight is 307 g/mol. The molecule has 0 bridgehead atoms. The number of ether oxygens (including phenoxy) is 1. The van der Waals surface area contributed by atoms with E-state index >= 15 is 0 Å². The number of hydrogen-bond acceptors (Lipinski definition) is 6. The van der Waals surface area contributed by atoms with Crippen molar-refractivity contribution in [3.8, 4) is 0 Å². The van der Waals surface area contributed by atoms with Crippen molar-refractivity contribution in [2.24, 2.45) is 0 Å². The number of morpholine rings is 1. The van der Waals surface area contributed by atoms with E-state index in [1.54, 1.807) is 15.8 Å². The molecule has 0 aliphatic carbocycles. The van der Waals surface area contributed by atoms with Crippen LogP contribution < -0.4 is 0 Å². The summed E-state index contributed by atoms with van der Waals surface area (Å²) in [4.78, 5) is 22.6. The van der Waals surface area contributed by atoms with Gasteiger partial charge in [-0.15, -0.1) is 11.3 Å². The Labute approximate surface area is 126 Å². The van der Waals surface area contributed by atoms with Crippen molar-refractivity contribution in [3.63, 3.8) is 0 Å². The molecule has 8 heteroatoms. The predicted octanol–water partition coefficient (Wildman–Crippen LogP) is 1.60. The molecular formula is C13H17N5O2S. The Kier molecular flexibility index (Phi) is 3.98. The van der Waals surface area contributed by atoms with Gasteiger partial charge in [-0.2, -0.15) is 5.10 Å². The zero-order valence-corrected chi connectivity index (χ0v) is 12.8. The molecule has 0 saturated carbocycles. The van der Waals surface area contributed by atoms with Crippen molar-refractivity contribution < 1.29 is 9.53 Å². The summed E-state index contributed by atoms with van der Waals surface area (Å²) in [5.41, 5.74) is 2.15. The fourth-order valence-electron chi connectivity index (χ4n) is 2.17. The van der Waals surface area contributed by atoms with Crippen LogP contribution in [0.25, 0.3) is 0 Å². The molecule has 112 valence electrons. The van der Waals surface area contributed by atoms with E-state index in [-0.39, 0.29) is 17.9 Å². The van der Waals surface area contributed by atoms with Gasteiger partial charge in [-0.25, -0.2) is 9.97 Å². The number of amides is 1. The molecule has 0 radical (unpaired) electrons. The van der Waals surface area contributed by atoms with Gasteiger partial charge < -0.3 is 9.64 Å². The Hall–Kier alpha value is -1.80. The largest absolute Gasteiger partial charge is 0.367 e. The lowest BCUT2D eigenvalue weighted by Crippen LogP contribution is -2.42. The quantitative estimate of drug-likeness (QED) is 0.931. The lowest BCUT2D eigenvalue weighted by molar-refractivity contribution is -0.0268. The standard InChI is InChI=1S/C13H17N5O2S/c1-8(2)11-15-12(17-16-11)10-5-18(3-4-20-10)13(19)9-6-21-7-14-9/h6-8,10H,3-5H2,1-2H3,(H,15,16,17). The topological polar surface area (TPSA) is 84.0 Å². The third-order valence-corrected chi connectivity index (χ3v) is 3.93. The zero-order chi connectivity index (χ0) is 14.8. The van der Waals surface area contributed by atoms with Crippen LogP contribution in [-0.4, -0.2) is 50.7 Å². The number of hydrogen-bond donors (Lipinski definition) is 1. The van der Waals surface area contributed by atoms with Crippen LogP contribution in [0.1, 0.15) is 48.0 Å². The minimum absolute atomic E-state index is 0.0619. The van der Waals surface area contributed by atoms with Crippen LogP contribution in [0.3, 0.4) is 0 Å². The molecule has 1 unspecified atom stereocenters. The monoisotopic (exact) mass is 307 g/mol. The molecule has 1 saturated heterocycles. The first-order valence-corrected chi connectivity index (χ1v) is 7.80. The van der Waals surface area contributed by atoms with Gasteiger partial charge in [0.2, 0.25) is 0 Å². The smallest absolute Gasteiger partial charge is 0.273 e. The lowest BCUT2D eigenvalue weighted by atomic mass is 10.2. The fourth-order valence-corrected chi connectivity index (χ4v) is 2.70. The number of rotatable bonds is 3. The van der Waals surface area contributed by atoms with Crippen molar-refractivity contribution in [1.29, 1.82) is 0 Å². The highest BCUT2D eigenvalue weighted by Gasteiger charge is 2.29. The molecule has 1 N–H and O–H groups in total. The maximum atomic E-state index is 12.3. The summed E-state index contributed by atoms with van der Waals surface area (Å²) in [7, 11) is 0. The summed E-state index contributed by atoms with van der Waals surface area (Å²) in [6.45, 7) is 5.58. The van der Waals surface area contributed by atoms with Crippen LogP contribution >= 0.6 is 11.3 Å². The van der Waals surface area contributed by atoms with E-state index in [9.17, 15) is 4.79 Å². The van der Waals surface area contributed by atoms with E-state index in [1.165, 1.54) is 11.3 Å². The second-order valence-corrected chi connectivity index (χ2v) is 5.94. The molecule has 2 aromatic rings. The Morgan fingerprint density at radius 2 is 2.43 bits per heavy atom. The van der Waals surface area contributed by atoms with Crippen LogP contribution in [0.2, 0.25) is 0 Å². The van der Waals surface area contributed by atoms with Gasteiger partial charge >= 0.3 is 0 Å². The van der Waals surface area contributed by atoms with Gasteiger partial charge in [-0.1, -0.05) is 13.8 Å². The maximum absolute atomic E-state index is 12.3. The third-order valence-electron chi connectivity index (χ3n) is 3.35. The first kappa shape index (κ1) is 14.2. The number of nitrogens with one attached hydrogen (secondary N) is 1. The Bertz CT molecular complexity index is 610. The maximum Gasteiger partial charge on any atom is 0.273 e. The van der Waals surface area contributed by atoms with Crippen LogP contribution in [-0.2, 0) is 4.74 Å². The normalized spacial score (nSPS) is 19.2. The summed E-state index contributed by atoms with van der Waals surface area (Å²) in [6.07, 6.45) is -0.263. The van der Waals surface area contributed by atoms with Crippen molar-refractivity contribution in [1.82, 2.24) is 25.1 Å². The van der Waals surface area contributed by atoms with E-state index in [0.29, 0.717) is 31.2 Å². The number of carbonyl (C=O) groups excluding carboxylic acids is 1. The lowest BCUT2D eigenvalue weighted by Gasteiger charge is -2.31. The molecule has 1 aliphatic rings. The highest BCUT2D eigenvalue weighted by atomic mass is 32.1. The van der Waals surface area contributed by atoms with Crippen LogP contribution in [0.15, 0.2) is 10.9 Å². The number of aromatic amines is 1. The third kappa shape index (κ3) is 2.96. The van der Waals surface area contributed by atoms with E-state index in [4.69, 9.17) is 4.74 Å². The van der Waals surface area contributed by atoms with Crippen LogP contribution in [0.4, 0.5) is 0 Å². The summed E-state index contributed by atoms with van der Waals surface area (Å²) < 4.78 is 5.71. The zero-order valence-electron chi connectivity index (χ0n) is 11.9. The second-order valence-electron chi connectivity index (χ2n) is 5.22. The number of aromatic nitrogens is 4. The molecule has 2 aromatic heterocycles. The minimum Gasteiger partial charge on any atom is -0.367 e. The minimum atomic E-state index is -0.263. The van der Waals surface area contributed by atoms with Crippen molar-refractivity contribution in [2.45, 2.75) is 25.9 Å². The molecule has 3 heterocycles. The molecule has 3 rings (SSSR count). The molecule has 0 aromatic carbocycles. The van der Waals surface area contributed by atoms with E-state index in [0.717, 1.165) is 5.82 Å². The number of thiazole rings is 1. The first-order valence-electron chi connectivity index (χ1n) is 6.86. The van der Waals surface area contributed by atoms with E-state index < -0.39 is 0 Å². The van der Waals surface area contributed by atoms with Gasteiger partial charge in [0.25, 0.3) is 5.91 Å². The van der Waals surface area contributed by atoms with E-state index in [2.05, 4.69) is 20.2 Å². The molecule has 7 nitrogen and oxygen atoms in total. The predicted molar refractivity (Wildman–Crippen MR) is 77.2 cm³/mol. The van der Waals surface area contributed by atoms with Gasteiger partial charge in [0.15, 0.2) is 11.6 Å². The molecule has 1 fully saturated rings. The van der Waals surface area contributed by atoms with Gasteiger partial charge in [0, 0.05) is 17.8 Å². The number of H-pyrrole nitrogens is 1. The molecule has 1 aliphatic heterocycles. The first-order chi connectivity index (χ1) is 10.1. The second kappa shape index (κ2) is 5.90. The van der Waals surface area contributed by atoms with Crippen molar-refractivity contribution in [3.05, 3.63) is 28.2 Å². The SMILES string of the molecule is CC(C)c1n[nH]c(C2CN(C(=O)c3cscn3)CCO2)n1. The Balaban J connectivity index is 1.72. The van der Waals surface area contributed by atoms with Crippen LogP contribution in [0.5, 0.6) is 0 Å². The molecule has 1 amide bonds. The number of nitrogens with zero attached hydrogens (tertiary/aromatic N) is 4. The molecule has 21 heavy (non-hydrogen) atoms. The van der Waals surface area contributed by atoms with Gasteiger partial charge in [0.1, 0.15) is 11.8 Å². The highest BCUT2D eigenvalue weighted by molar-refractivity contribution is 7.07. The van der Waals surface area contributed by atoms with Crippen molar-refractivity contribution in [2.75, 3.05) is 19.7 Å². The molecule has 0 spiro atoms. The van der Waals surface area contributed by atoms with E-state index in [1.807, 2.05) is 13.8 Å².